The average Bonchev–Trinajstić information content (AvgIpc) is 3.42. The van der Waals surface area contributed by atoms with Gasteiger partial charge in [0.15, 0.2) is 5.60 Å². The third kappa shape index (κ3) is 9.32. The van der Waals surface area contributed by atoms with Crippen molar-refractivity contribution in [2.24, 2.45) is 5.92 Å². The number of aliphatic hydroxyl groups is 3. The van der Waals surface area contributed by atoms with Crippen LogP contribution in [0.4, 0.5) is 17.1 Å². The Morgan fingerprint density at radius 2 is 1.74 bits per heavy atom. The Morgan fingerprint density at radius 1 is 0.982 bits per heavy atom. The van der Waals surface area contributed by atoms with Gasteiger partial charge < -0.3 is 35.2 Å². The first-order chi connectivity index (χ1) is 27.6. The number of halogens is 1. The Morgan fingerprint density at radius 3 is 2.46 bits per heavy atom. The van der Waals surface area contributed by atoms with Crippen LogP contribution in [0.3, 0.4) is 0 Å². The first kappa shape index (κ1) is 41.8. The van der Waals surface area contributed by atoms with Gasteiger partial charge in [-0.25, -0.2) is 0 Å². The van der Waals surface area contributed by atoms with Crippen molar-refractivity contribution in [3.05, 3.63) is 130 Å². The zero-order valence-electron chi connectivity index (χ0n) is 32.4. The fraction of sp³-hybridized carbons (Fsp3) is 0.356. The molecule has 6 rings (SSSR count). The Labute approximate surface area is 342 Å². The summed E-state index contributed by atoms with van der Waals surface area (Å²) in [5.41, 5.74) is 3.36. The van der Waals surface area contributed by atoms with E-state index in [2.05, 4.69) is 21.2 Å². The molecule has 0 fully saturated rings. The number of benzene rings is 4. The second-order valence-corrected chi connectivity index (χ2v) is 15.4. The first-order valence-corrected chi connectivity index (χ1v) is 20.3. The standard InChI is InChI=1S/C45H51BrN4O7/c1-3-57-37-19-21-40-34(26-37)27-39(47-22-7-8-24-51)43(54)50(40)36-17-14-33(15-18-36)30-49-41-20-16-35(46)28-38(41)45(56,44(49)55)31(2)10-9-13-42(53)48(23-25-52)29-32-11-5-4-6-12-32/h4-6,9-12,14-21,26,28,31,39,47,51-52,56H,3,7-8,13,22-25,27,29-30H2,1-2H3/b10-9+/t31-,39?,45+/m1/s1. The molecule has 0 saturated carbocycles. The quantitative estimate of drug-likeness (QED) is 0.0693. The fourth-order valence-electron chi connectivity index (χ4n) is 7.59. The van der Waals surface area contributed by atoms with Crippen LogP contribution in [-0.2, 0) is 39.5 Å². The third-order valence-corrected chi connectivity index (χ3v) is 11.1. The number of fused-ring (bicyclic) bond motifs is 2. The van der Waals surface area contributed by atoms with Crippen molar-refractivity contribution in [3.63, 3.8) is 0 Å². The number of unbranched alkanes of at least 4 members (excludes halogenated alkanes) is 1. The van der Waals surface area contributed by atoms with Gasteiger partial charge in [0.2, 0.25) is 11.8 Å². The highest BCUT2D eigenvalue weighted by molar-refractivity contribution is 9.10. The van der Waals surface area contributed by atoms with Gasteiger partial charge in [-0.2, -0.15) is 0 Å². The van der Waals surface area contributed by atoms with Crippen molar-refractivity contribution < 1.29 is 34.4 Å². The maximum Gasteiger partial charge on any atom is 0.264 e. The molecule has 0 spiro atoms. The number of carbonyl (C=O) groups is 3. The second kappa shape index (κ2) is 19.1. The van der Waals surface area contributed by atoms with Gasteiger partial charge in [-0.05, 0) is 98.0 Å². The van der Waals surface area contributed by atoms with Gasteiger partial charge >= 0.3 is 0 Å². The van der Waals surface area contributed by atoms with Crippen LogP contribution < -0.4 is 19.9 Å². The summed E-state index contributed by atoms with van der Waals surface area (Å²) in [5.74, 6) is -0.677. The van der Waals surface area contributed by atoms with Gasteiger partial charge in [-0.3, -0.25) is 19.3 Å². The lowest BCUT2D eigenvalue weighted by Crippen LogP contribution is -2.49. The molecule has 0 radical (unpaired) electrons. The summed E-state index contributed by atoms with van der Waals surface area (Å²) in [5, 5.41) is 34.5. The van der Waals surface area contributed by atoms with Crippen molar-refractivity contribution in [3.8, 4) is 5.75 Å². The molecule has 3 amide bonds. The van der Waals surface area contributed by atoms with Crippen LogP contribution in [0.2, 0.25) is 0 Å². The summed E-state index contributed by atoms with van der Waals surface area (Å²) in [6, 6.07) is 27.8. The predicted molar refractivity (Wildman–Crippen MR) is 224 cm³/mol. The summed E-state index contributed by atoms with van der Waals surface area (Å²) in [7, 11) is 0. The van der Waals surface area contributed by atoms with E-state index in [0.29, 0.717) is 53.9 Å². The minimum atomic E-state index is -1.89. The largest absolute Gasteiger partial charge is 0.494 e. The summed E-state index contributed by atoms with van der Waals surface area (Å²) < 4.78 is 6.48. The van der Waals surface area contributed by atoms with Crippen LogP contribution in [0.1, 0.15) is 55.4 Å². The summed E-state index contributed by atoms with van der Waals surface area (Å²) in [6.45, 7) is 5.50. The molecule has 4 N–H and O–H groups in total. The highest BCUT2D eigenvalue weighted by atomic mass is 79.9. The smallest absolute Gasteiger partial charge is 0.264 e. The molecule has 1 unspecified atom stereocenters. The van der Waals surface area contributed by atoms with Crippen molar-refractivity contribution in [1.29, 1.82) is 0 Å². The molecule has 4 aromatic carbocycles. The molecule has 57 heavy (non-hydrogen) atoms. The molecular weight excluding hydrogens is 788 g/mol. The third-order valence-electron chi connectivity index (χ3n) is 10.6. The molecule has 11 nitrogen and oxygen atoms in total. The maximum atomic E-state index is 14.3. The van der Waals surface area contributed by atoms with Gasteiger partial charge in [0, 0.05) is 47.8 Å². The second-order valence-electron chi connectivity index (χ2n) is 14.5. The SMILES string of the molecule is CCOc1ccc2c(c1)CC(NCCCCO)C(=O)N2c1ccc(CN2C(=O)[C@](O)([C@H](C)/C=C/CC(=O)N(CCO)Cc3ccccc3)c3cc(Br)ccc32)cc1. The number of aliphatic hydroxyl groups excluding tert-OH is 2. The van der Waals surface area contributed by atoms with Crippen LogP contribution in [0, 0.1) is 5.92 Å². The van der Waals surface area contributed by atoms with E-state index in [-0.39, 0.29) is 44.5 Å². The molecule has 12 heteroatoms. The van der Waals surface area contributed by atoms with Crippen molar-refractivity contribution in [2.45, 2.75) is 64.3 Å². The molecule has 0 aromatic heterocycles. The summed E-state index contributed by atoms with van der Waals surface area (Å²) in [6.07, 6.45) is 5.34. The van der Waals surface area contributed by atoms with Crippen molar-refractivity contribution in [2.75, 3.05) is 42.7 Å². The normalized spacial score (nSPS) is 18.2. The van der Waals surface area contributed by atoms with Gasteiger partial charge in [0.25, 0.3) is 5.91 Å². The number of hydrogen-bond acceptors (Lipinski definition) is 8. The molecule has 2 heterocycles. The number of rotatable bonds is 18. The van der Waals surface area contributed by atoms with Crippen LogP contribution >= 0.6 is 15.9 Å². The molecule has 3 atom stereocenters. The van der Waals surface area contributed by atoms with Crippen molar-refractivity contribution >= 4 is 50.7 Å². The van der Waals surface area contributed by atoms with E-state index < -0.39 is 23.5 Å². The van der Waals surface area contributed by atoms with Crippen LogP contribution in [0.25, 0.3) is 0 Å². The fourth-order valence-corrected chi connectivity index (χ4v) is 7.95. The van der Waals surface area contributed by atoms with Crippen molar-refractivity contribution in [1.82, 2.24) is 10.2 Å². The number of nitrogens with one attached hydrogen (secondary N) is 1. The highest BCUT2D eigenvalue weighted by Crippen LogP contribution is 2.47. The first-order valence-electron chi connectivity index (χ1n) is 19.6. The lowest BCUT2D eigenvalue weighted by atomic mass is 9.83. The number of nitrogens with zero attached hydrogens (tertiary/aromatic N) is 3. The van der Waals surface area contributed by atoms with E-state index in [0.717, 1.165) is 34.5 Å². The van der Waals surface area contributed by atoms with Gasteiger partial charge in [0.1, 0.15) is 5.75 Å². The molecule has 0 saturated heterocycles. The zero-order valence-corrected chi connectivity index (χ0v) is 34.0. The number of ether oxygens (including phenoxy) is 1. The predicted octanol–water partition coefficient (Wildman–Crippen LogP) is 6.14. The molecule has 0 bridgehead atoms. The number of carbonyl (C=O) groups excluding carboxylic acids is 3. The van der Waals surface area contributed by atoms with Gasteiger partial charge in [-0.1, -0.05) is 77.5 Å². The number of anilines is 3. The maximum absolute atomic E-state index is 14.3. The van der Waals surface area contributed by atoms with E-state index >= 15 is 0 Å². The molecule has 2 aliphatic heterocycles. The summed E-state index contributed by atoms with van der Waals surface area (Å²) >= 11 is 3.52. The van der Waals surface area contributed by atoms with Crippen LogP contribution in [0.5, 0.6) is 5.75 Å². The van der Waals surface area contributed by atoms with E-state index in [4.69, 9.17) is 4.74 Å². The molecule has 4 aromatic rings. The molecule has 0 aliphatic carbocycles. The Bertz CT molecular complexity index is 2060. The van der Waals surface area contributed by atoms with Gasteiger partial charge in [0.05, 0.1) is 37.2 Å². The van der Waals surface area contributed by atoms with Crippen LogP contribution in [-0.4, -0.2) is 76.9 Å². The Kier molecular flexibility index (Phi) is 14.0. The van der Waals surface area contributed by atoms with Crippen LogP contribution in [0.15, 0.2) is 108 Å². The summed E-state index contributed by atoms with van der Waals surface area (Å²) in [4.78, 5) is 46.4. The Balaban J connectivity index is 1.20. The highest BCUT2D eigenvalue weighted by Gasteiger charge is 2.52. The molecule has 300 valence electrons. The van der Waals surface area contributed by atoms with E-state index in [1.807, 2.05) is 91.9 Å². The van der Waals surface area contributed by atoms with E-state index in [1.165, 1.54) is 0 Å². The topological polar surface area (TPSA) is 143 Å². The number of amides is 3. The zero-order chi connectivity index (χ0) is 40.5. The minimum absolute atomic E-state index is 0.0427. The van der Waals surface area contributed by atoms with Gasteiger partial charge in [-0.15, -0.1) is 0 Å². The molecule has 2 aliphatic rings. The minimum Gasteiger partial charge on any atom is -0.494 e. The number of hydrogen-bond donors (Lipinski definition) is 4. The monoisotopic (exact) mass is 838 g/mol. The Hall–Kier alpha value is -4.85. The molecular formula is C45H51BrN4O7. The lowest BCUT2D eigenvalue weighted by Gasteiger charge is -2.35. The van der Waals surface area contributed by atoms with E-state index in [1.54, 1.807) is 39.8 Å². The average molecular weight is 840 g/mol. The lowest BCUT2D eigenvalue weighted by molar-refractivity contribution is -0.139. The van der Waals surface area contributed by atoms with E-state index in [9.17, 15) is 29.7 Å².